The van der Waals surface area contributed by atoms with Crippen LogP contribution in [0.3, 0.4) is 0 Å². The van der Waals surface area contributed by atoms with Crippen molar-refractivity contribution in [2.24, 2.45) is 5.73 Å². The number of rotatable bonds is 4. The zero-order valence-corrected chi connectivity index (χ0v) is 10.2. The van der Waals surface area contributed by atoms with Gasteiger partial charge in [0.15, 0.2) is 0 Å². The van der Waals surface area contributed by atoms with E-state index in [0.29, 0.717) is 19.6 Å². The predicted molar refractivity (Wildman–Crippen MR) is 69.6 cm³/mol. The second kappa shape index (κ2) is 5.48. The van der Waals surface area contributed by atoms with E-state index in [-0.39, 0.29) is 11.8 Å². The summed E-state index contributed by atoms with van der Waals surface area (Å²) < 4.78 is 0. The van der Waals surface area contributed by atoms with E-state index in [1.807, 2.05) is 35.2 Å². The maximum Gasteiger partial charge on any atom is 0.0995 e. The van der Waals surface area contributed by atoms with Gasteiger partial charge in [-0.3, -0.25) is 10.3 Å². The van der Waals surface area contributed by atoms with E-state index in [0.717, 1.165) is 5.56 Å². The summed E-state index contributed by atoms with van der Waals surface area (Å²) in [6.45, 7) is 1.41. The molecule has 1 aliphatic rings. The molecule has 18 heavy (non-hydrogen) atoms. The summed E-state index contributed by atoms with van der Waals surface area (Å²) in [6, 6.07) is 9.63. The minimum absolute atomic E-state index is 0.108. The lowest BCUT2D eigenvalue weighted by molar-refractivity contribution is 0.0572. The van der Waals surface area contributed by atoms with Gasteiger partial charge in [-0.25, -0.2) is 0 Å². The highest BCUT2D eigenvalue weighted by atomic mass is 16.3. The molecule has 0 radical (unpaired) electrons. The number of aliphatic hydroxyl groups is 2. The smallest absolute Gasteiger partial charge is 0.0995 e. The Morgan fingerprint density at radius 2 is 1.83 bits per heavy atom. The topological polar surface area (TPSA) is 93.6 Å². The largest absolute Gasteiger partial charge is 0.389 e. The molecule has 2 rings (SSSR count). The molecule has 1 aliphatic heterocycles. The van der Waals surface area contributed by atoms with E-state index < -0.39 is 12.2 Å². The number of benzene rings is 1. The Labute approximate surface area is 106 Å². The normalized spacial score (nSPS) is 26.1. The molecule has 0 bridgehead atoms. The number of amidine groups is 1. The molecule has 0 aromatic heterocycles. The number of hydrogen-bond donors (Lipinski definition) is 4. The van der Waals surface area contributed by atoms with Crippen molar-refractivity contribution in [3.63, 3.8) is 0 Å². The van der Waals surface area contributed by atoms with Gasteiger partial charge in [0, 0.05) is 19.6 Å². The molecule has 1 saturated heterocycles. The molecule has 0 amide bonds. The van der Waals surface area contributed by atoms with Gasteiger partial charge in [-0.05, 0) is 5.56 Å². The number of hydrogen-bond acceptors (Lipinski definition) is 4. The van der Waals surface area contributed by atoms with E-state index in [9.17, 15) is 10.2 Å². The maximum absolute atomic E-state index is 9.51. The van der Waals surface area contributed by atoms with Crippen molar-refractivity contribution in [1.82, 2.24) is 4.90 Å². The Morgan fingerprint density at radius 1 is 1.28 bits per heavy atom. The van der Waals surface area contributed by atoms with Crippen molar-refractivity contribution in [1.29, 1.82) is 5.41 Å². The van der Waals surface area contributed by atoms with E-state index in [2.05, 4.69) is 0 Å². The quantitative estimate of drug-likeness (QED) is 0.437. The van der Waals surface area contributed by atoms with Gasteiger partial charge in [0.2, 0.25) is 0 Å². The third kappa shape index (κ3) is 2.87. The second-order valence-electron chi connectivity index (χ2n) is 4.77. The molecule has 98 valence electrons. The highest BCUT2D eigenvalue weighted by Crippen LogP contribution is 2.20. The van der Waals surface area contributed by atoms with Crippen LogP contribution in [0.2, 0.25) is 0 Å². The summed E-state index contributed by atoms with van der Waals surface area (Å²) in [6.07, 6.45) is -1.40. The molecule has 1 aromatic rings. The first-order chi connectivity index (χ1) is 8.58. The number of nitrogens with zero attached hydrogens (tertiary/aromatic N) is 1. The number of aliphatic hydroxyl groups excluding tert-OH is 2. The van der Waals surface area contributed by atoms with Crippen LogP contribution in [0.4, 0.5) is 0 Å². The summed E-state index contributed by atoms with van der Waals surface area (Å²) in [5.41, 5.74) is 6.63. The van der Waals surface area contributed by atoms with Crippen LogP contribution in [-0.2, 0) is 0 Å². The summed E-state index contributed by atoms with van der Waals surface area (Å²) in [5, 5.41) is 26.7. The first-order valence-corrected chi connectivity index (χ1v) is 6.05. The first-order valence-electron chi connectivity index (χ1n) is 6.05. The molecular formula is C13H19N3O2. The standard InChI is InChI=1S/C13H19N3O2/c14-13(15)10(9-4-2-1-3-5-9)6-16-7-11(17)12(18)8-16/h1-5,10-12,17-18H,6-8H2,(H3,14,15). The molecule has 0 saturated carbocycles. The summed E-state index contributed by atoms with van der Waals surface area (Å²) >= 11 is 0. The third-order valence-electron chi connectivity index (χ3n) is 3.35. The van der Waals surface area contributed by atoms with E-state index >= 15 is 0 Å². The van der Waals surface area contributed by atoms with Crippen molar-refractivity contribution in [2.75, 3.05) is 19.6 Å². The van der Waals surface area contributed by atoms with Crippen LogP contribution in [0.15, 0.2) is 30.3 Å². The van der Waals surface area contributed by atoms with E-state index in [4.69, 9.17) is 11.1 Å². The molecule has 1 aromatic carbocycles. The zero-order chi connectivity index (χ0) is 13.1. The van der Waals surface area contributed by atoms with Crippen molar-refractivity contribution in [2.45, 2.75) is 18.1 Å². The molecular weight excluding hydrogens is 230 g/mol. The van der Waals surface area contributed by atoms with Gasteiger partial charge in [0.05, 0.1) is 24.0 Å². The Balaban J connectivity index is 2.07. The summed E-state index contributed by atoms with van der Waals surface area (Å²) in [7, 11) is 0. The second-order valence-corrected chi connectivity index (χ2v) is 4.77. The predicted octanol–water partition coefficient (Wildman–Crippen LogP) is -0.256. The van der Waals surface area contributed by atoms with Crippen LogP contribution in [0.5, 0.6) is 0 Å². The summed E-state index contributed by atoms with van der Waals surface area (Å²) in [4.78, 5) is 1.94. The average molecular weight is 249 g/mol. The SMILES string of the molecule is N=C(N)C(CN1CC(O)C(O)C1)c1ccccc1. The number of nitrogens with two attached hydrogens (primary N) is 1. The fourth-order valence-corrected chi connectivity index (χ4v) is 2.32. The fourth-order valence-electron chi connectivity index (χ4n) is 2.32. The van der Waals surface area contributed by atoms with Crippen LogP contribution in [0, 0.1) is 5.41 Å². The van der Waals surface area contributed by atoms with E-state index in [1.165, 1.54) is 0 Å². The van der Waals surface area contributed by atoms with Crippen molar-refractivity contribution in [3.8, 4) is 0 Å². The molecule has 3 unspecified atom stereocenters. The molecule has 5 nitrogen and oxygen atoms in total. The van der Waals surface area contributed by atoms with Gasteiger partial charge in [-0.2, -0.15) is 0 Å². The number of likely N-dealkylation sites (tertiary alicyclic amines) is 1. The molecule has 1 fully saturated rings. The molecule has 1 heterocycles. The van der Waals surface area contributed by atoms with Crippen LogP contribution in [0.1, 0.15) is 11.5 Å². The fraction of sp³-hybridized carbons (Fsp3) is 0.462. The van der Waals surface area contributed by atoms with Gasteiger partial charge in [0.25, 0.3) is 0 Å². The van der Waals surface area contributed by atoms with Crippen molar-refractivity contribution in [3.05, 3.63) is 35.9 Å². The Hall–Kier alpha value is -1.43. The molecule has 0 aliphatic carbocycles. The number of β-amino-alcohol motifs (C(OH)–C–C–N with tert-alkyl or cyclic N) is 2. The highest BCUT2D eigenvalue weighted by Gasteiger charge is 2.31. The lowest BCUT2D eigenvalue weighted by atomic mass is 9.97. The lowest BCUT2D eigenvalue weighted by Crippen LogP contribution is -2.34. The molecule has 5 N–H and O–H groups in total. The molecule has 5 heteroatoms. The monoisotopic (exact) mass is 249 g/mol. The Morgan fingerprint density at radius 3 is 2.33 bits per heavy atom. The van der Waals surface area contributed by atoms with E-state index in [1.54, 1.807) is 0 Å². The van der Waals surface area contributed by atoms with Gasteiger partial charge in [0.1, 0.15) is 0 Å². The average Bonchev–Trinajstić information content (AvgIpc) is 2.66. The first kappa shape index (κ1) is 13.0. The van der Waals surface area contributed by atoms with Crippen LogP contribution in [-0.4, -0.2) is 52.8 Å². The van der Waals surface area contributed by atoms with Gasteiger partial charge in [-0.15, -0.1) is 0 Å². The molecule has 3 atom stereocenters. The zero-order valence-electron chi connectivity index (χ0n) is 10.2. The maximum atomic E-state index is 9.51. The van der Waals surface area contributed by atoms with Crippen molar-refractivity contribution < 1.29 is 10.2 Å². The number of nitrogens with one attached hydrogen (secondary N) is 1. The van der Waals surface area contributed by atoms with Gasteiger partial charge < -0.3 is 15.9 Å². The summed E-state index contributed by atoms with van der Waals surface area (Å²) in [5.74, 6) is -0.0826. The van der Waals surface area contributed by atoms with Crippen LogP contribution in [0.25, 0.3) is 0 Å². The lowest BCUT2D eigenvalue weighted by Gasteiger charge is -2.22. The van der Waals surface area contributed by atoms with Crippen molar-refractivity contribution >= 4 is 5.84 Å². The molecule has 0 spiro atoms. The van der Waals surface area contributed by atoms with Gasteiger partial charge >= 0.3 is 0 Å². The minimum Gasteiger partial charge on any atom is -0.389 e. The minimum atomic E-state index is -0.701. The highest BCUT2D eigenvalue weighted by molar-refractivity contribution is 5.84. The Bertz CT molecular complexity index is 400. The third-order valence-corrected chi connectivity index (χ3v) is 3.35. The van der Waals surface area contributed by atoms with Crippen LogP contribution < -0.4 is 5.73 Å². The Kier molecular flexibility index (Phi) is 3.96. The van der Waals surface area contributed by atoms with Gasteiger partial charge in [-0.1, -0.05) is 30.3 Å². The van der Waals surface area contributed by atoms with Crippen LogP contribution >= 0.6 is 0 Å².